The van der Waals surface area contributed by atoms with Gasteiger partial charge in [0.15, 0.2) is 0 Å². The van der Waals surface area contributed by atoms with Crippen LogP contribution < -0.4 is 19.9 Å². The molecule has 0 saturated carbocycles. The second-order valence-electron chi connectivity index (χ2n) is 13.3. The smallest absolute Gasteiger partial charge is 0.201 e. The number of fused-ring (bicyclic) bond motifs is 8. The van der Waals surface area contributed by atoms with Gasteiger partial charge in [0.2, 0.25) is 24.8 Å². The summed E-state index contributed by atoms with van der Waals surface area (Å²) >= 11 is 0. The summed E-state index contributed by atoms with van der Waals surface area (Å²) in [5, 5.41) is 118. The van der Waals surface area contributed by atoms with E-state index in [9.17, 15) is 0 Å². The van der Waals surface area contributed by atoms with E-state index in [-0.39, 0.29) is 87.3 Å². The Kier molecular flexibility index (Phi) is 40.1. The molecule has 0 fully saturated rings. The molecule has 0 unspecified atom stereocenters. The Morgan fingerprint density at radius 2 is 0.476 bits per heavy atom. The van der Waals surface area contributed by atoms with Gasteiger partial charge in [-0.2, -0.15) is 0 Å². The normalized spacial score (nSPS) is 9.62. The monoisotopic (exact) mass is 1480 g/mol. The van der Waals surface area contributed by atoms with Crippen LogP contribution in [-0.2, 0) is 11.0 Å². The zero-order valence-corrected chi connectivity index (χ0v) is 44.9. The molecule has 8 aromatic heterocycles. The van der Waals surface area contributed by atoms with Crippen molar-refractivity contribution in [1.82, 2.24) is 29.9 Å². The van der Waals surface area contributed by atoms with Gasteiger partial charge < -0.3 is 153 Å². The van der Waals surface area contributed by atoms with Crippen LogP contribution in [0, 0.1) is 223 Å². The van der Waals surface area contributed by atoms with Crippen LogP contribution in [-0.4, -0.2) is 60.6 Å². The predicted octanol–water partition coefficient (Wildman–Crippen LogP) is 1.31. The summed E-state index contributed by atoms with van der Waals surface area (Å²) in [6, 6.07) is 33.3. The van der Waals surface area contributed by atoms with Crippen molar-refractivity contribution < 1.29 is 138 Å². The summed E-state index contributed by atoms with van der Waals surface area (Å²) in [6.07, 6.45) is 15.0. The molecule has 84 heavy (non-hydrogen) atoms. The fraction of sp³-hybridized carbons (Fsp3) is 0. The number of pyridine rings is 4. The van der Waals surface area contributed by atoms with E-state index in [4.69, 9.17) is 133 Å². The number of nitrogens with zero attached hydrogens (tertiary/aromatic N) is 12. The van der Waals surface area contributed by atoms with E-state index < -0.39 is 40.7 Å². The Morgan fingerprint density at radius 1 is 0.310 bits per heavy atom. The first-order valence-corrected chi connectivity index (χ1v) is 20.1. The van der Waals surface area contributed by atoms with Crippen molar-refractivity contribution in [3.63, 3.8) is 0 Å². The van der Waals surface area contributed by atoms with E-state index in [0.29, 0.717) is 0 Å². The minimum atomic E-state index is -1.75. The van der Waals surface area contributed by atoms with Gasteiger partial charge in [-0.15, -0.1) is 0 Å². The molecule has 42 nitrogen and oxygen atoms in total. The zero-order valence-electron chi connectivity index (χ0n) is 40.8. The Hall–Kier alpha value is -10.7. The maximum absolute atomic E-state index is 8.25. The Bertz CT molecular complexity index is 2620. The second kappa shape index (κ2) is 42.2. The van der Waals surface area contributed by atoms with Crippen LogP contribution >= 0.6 is 0 Å². The van der Waals surface area contributed by atoms with Crippen molar-refractivity contribution in [2.24, 2.45) is 0 Å². The van der Waals surface area contributed by atoms with Crippen molar-refractivity contribution in [3.8, 4) is 0 Å². The third kappa shape index (κ3) is 31.8. The van der Waals surface area contributed by atoms with Gasteiger partial charge in [0.1, 0.15) is 22.8 Å². The summed E-state index contributed by atoms with van der Waals surface area (Å²) in [6.45, 7) is 0. The molecule has 8 bridgehead atoms. The van der Waals surface area contributed by atoms with E-state index in [1.165, 1.54) is 0 Å². The van der Waals surface area contributed by atoms with Crippen molar-refractivity contribution in [2.75, 3.05) is 0 Å². The quantitative estimate of drug-likeness (QED) is 0.109. The average molecular weight is 1480 g/mol. The molecule has 0 atom stereocenters. The Labute approximate surface area is 524 Å². The van der Waals surface area contributed by atoms with Gasteiger partial charge in [-0.05, 0) is 22.8 Å². The van der Waals surface area contributed by atoms with Crippen LogP contribution in [0.2, 0.25) is 0 Å². The maximum atomic E-state index is 8.25. The molecule has 1 aliphatic heterocycles. The minimum absolute atomic E-state index is 0. The molecule has 9 rings (SSSR count). The number of aromatic nitrogens is 8. The Morgan fingerprint density at radius 3 is 0.655 bits per heavy atom. The average Bonchev–Trinajstić information content (AvgIpc) is 4.21. The van der Waals surface area contributed by atoms with Gasteiger partial charge in [-0.25, -0.2) is 19.9 Å². The molecule has 0 amide bonds. The van der Waals surface area contributed by atoms with Gasteiger partial charge in [-0.3, -0.25) is 0 Å². The summed E-state index contributed by atoms with van der Waals surface area (Å²) in [5.74, 6) is 3.97. The van der Waals surface area contributed by atoms with Crippen LogP contribution in [0.4, 0.5) is 0 Å². The summed E-state index contributed by atoms with van der Waals surface area (Å²) in [7, 11) is 0. The molecule has 452 valence electrons. The molecule has 0 saturated heterocycles. The van der Waals surface area contributed by atoms with Gasteiger partial charge in [0.05, 0.1) is 160 Å². The molecule has 10 N–H and O–H groups in total. The molecule has 44 heteroatoms. The molecule has 9 heterocycles. The zero-order chi connectivity index (χ0) is 60.5. The van der Waals surface area contributed by atoms with Crippen LogP contribution in [0.5, 0.6) is 0 Å². The third-order valence-corrected chi connectivity index (χ3v) is 8.71. The van der Waals surface area contributed by atoms with Crippen LogP contribution in [0.3, 0.4) is 0 Å². The number of rotatable bonds is 4. The SMILES string of the molecule is O=[N+]([O-])[O-].O=[N+]([O-])[O-].O=[N+]([O-])[O-].O=[N+]([O-])[O-].O=[N+]([O-])[O-].O=[N+]([O-])[O-].O=[N+]([O-])[O-].O=[N+]([O-])[O-].[Dy].[Dy].[OH3+].[OH3+].c1cc([C+]2c3ccc([n-]3)[C+](c3cc[nH+]cc3)c3ccc([nH]3)[C+](c3ccncc3)c3ccc([n-]3)[C+](c3cc[nH+]cc3)c3ccc2[nH]3)ccn1. The standard InChI is InChI=1S/C40H26N8.2Dy.8NO3.2H2O/c1-2-30-38(26-11-19-42-20-12-26)32-5-6-34(47-32)40(28-15-23-44-24-16-28)36-8-7-35(48-36)39(27-13-21-43-22-14-27)33-4-3-31(46-33)37(29(1)45-30)25-9-17-41-18-10-25;;;8*2-1(3)4;;/h1-24,45,48H;;;;;;;;;;;2*1H2/q+2;;;8*-1;;/p+4. The molecule has 8 aromatic rings. The van der Waals surface area contributed by atoms with Gasteiger partial charge >= 0.3 is 0 Å². The first-order valence-electron chi connectivity index (χ1n) is 20.1. The number of H-pyrrole nitrogens is 4. The van der Waals surface area contributed by atoms with E-state index >= 15 is 0 Å². The third-order valence-electron chi connectivity index (χ3n) is 8.71. The predicted molar refractivity (Wildman–Crippen MR) is 270 cm³/mol. The molecular weight excluding hydrogens is 1450 g/mol. The maximum Gasteiger partial charge on any atom is 0.201 e. The van der Waals surface area contributed by atoms with Gasteiger partial charge in [-0.1, -0.05) is 0 Å². The van der Waals surface area contributed by atoms with E-state index in [1.54, 1.807) is 0 Å². The molecule has 0 aromatic carbocycles. The van der Waals surface area contributed by atoms with Crippen LogP contribution in [0.15, 0.2) is 147 Å². The van der Waals surface area contributed by atoms with Crippen molar-refractivity contribution in [2.45, 2.75) is 0 Å². The Balaban J connectivity index is -0.000000742. The van der Waals surface area contributed by atoms with E-state index in [2.05, 4.69) is 103 Å². The topological polar surface area (TPSA) is 709 Å². The summed E-state index contributed by atoms with van der Waals surface area (Å²) in [5.41, 5.74) is 11.4. The second-order valence-corrected chi connectivity index (χ2v) is 13.3. The van der Waals surface area contributed by atoms with Crippen LogP contribution in [0.25, 0.3) is 0 Å². The van der Waals surface area contributed by atoms with Crippen LogP contribution in [0.1, 0.15) is 67.8 Å². The number of nitrogens with one attached hydrogen (secondary N) is 4. The number of hydrogen-bond donors (Lipinski definition) is 2. The summed E-state index contributed by atoms with van der Waals surface area (Å²) < 4.78 is 0. The molecule has 0 radical (unpaired) electrons. The van der Waals surface area contributed by atoms with E-state index in [0.717, 1.165) is 91.5 Å². The van der Waals surface area contributed by atoms with Gasteiger partial charge in [0, 0.05) is 125 Å². The molecule has 0 spiro atoms. The molecule has 0 aliphatic carbocycles. The van der Waals surface area contributed by atoms with Crippen molar-refractivity contribution >= 4 is 0 Å². The first-order chi connectivity index (χ1) is 37.7. The molecular formula is C40H34Dy2N16O26-2. The van der Waals surface area contributed by atoms with Crippen molar-refractivity contribution in [3.05, 3.63) is 361 Å². The molecule has 1 aliphatic rings. The largest absolute Gasteiger partial charge is 0.628 e. The number of aromatic amines is 4. The fourth-order valence-corrected chi connectivity index (χ4v) is 6.56. The van der Waals surface area contributed by atoms with E-state index in [1.807, 2.05) is 73.8 Å². The first kappa shape index (κ1) is 79.7. The summed E-state index contributed by atoms with van der Waals surface area (Å²) in [4.78, 5) is 99.0. The number of hydrogen-bond acceptors (Lipinski definition) is 26. The van der Waals surface area contributed by atoms with Gasteiger partial charge in [0.25, 0.3) is 0 Å². The van der Waals surface area contributed by atoms with Crippen molar-refractivity contribution in [1.29, 1.82) is 0 Å². The fourth-order valence-electron chi connectivity index (χ4n) is 6.56. The minimum Gasteiger partial charge on any atom is -0.628 e.